The molecule has 2 aromatic carbocycles. The number of carbonyl (C=O) groups excluding carboxylic acids is 2. The average molecular weight is 627 g/mol. The number of aryl methyl sites for hydroxylation is 2. The van der Waals surface area contributed by atoms with E-state index in [0.717, 1.165) is 98.8 Å². The lowest BCUT2D eigenvalue weighted by molar-refractivity contribution is -0.130. The highest BCUT2D eigenvalue weighted by Gasteiger charge is 2.26. The number of piperidine rings is 1. The van der Waals surface area contributed by atoms with Crippen LogP contribution in [0.3, 0.4) is 0 Å². The maximum absolute atomic E-state index is 13.9. The molecule has 46 heavy (non-hydrogen) atoms. The zero-order valence-corrected chi connectivity index (χ0v) is 28.4. The Labute approximate surface area is 273 Å². The highest BCUT2D eigenvalue weighted by Crippen LogP contribution is 2.34. The van der Waals surface area contributed by atoms with Crippen LogP contribution in [-0.4, -0.2) is 90.4 Å². The average Bonchev–Trinajstić information content (AvgIpc) is 3.03. The van der Waals surface area contributed by atoms with E-state index in [2.05, 4.69) is 69.3 Å². The van der Waals surface area contributed by atoms with E-state index >= 15 is 0 Å². The number of anilines is 1. The first-order chi connectivity index (χ1) is 22.0. The van der Waals surface area contributed by atoms with Gasteiger partial charge in [-0.15, -0.1) is 0 Å². The van der Waals surface area contributed by atoms with Crippen molar-refractivity contribution in [2.45, 2.75) is 66.6 Å². The Kier molecular flexibility index (Phi) is 10.6. The Morgan fingerprint density at radius 3 is 2.22 bits per heavy atom. The third kappa shape index (κ3) is 7.70. The minimum Gasteiger partial charge on any atom is -0.368 e. The summed E-state index contributed by atoms with van der Waals surface area (Å²) in [5.74, 6) is -0.0355. The fourth-order valence-electron chi connectivity index (χ4n) is 6.98. The van der Waals surface area contributed by atoms with Gasteiger partial charge in [-0.1, -0.05) is 24.3 Å². The number of nitrogens with zero attached hydrogens (tertiary/aromatic N) is 4. The van der Waals surface area contributed by atoms with E-state index in [9.17, 15) is 14.4 Å². The number of aromatic amines is 1. The van der Waals surface area contributed by atoms with Gasteiger partial charge in [-0.2, -0.15) is 0 Å². The minimum absolute atomic E-state index is 0.144. The molecule has 0 radical (unpaired) electrons. The van der Waals surface area contributed by atoms with E-state index in [1.54, 1.807) is 6.92 Å². The van der Waals surface area contributed by atoms with Crippen molar-refractivity contribution in [3.8, 4) is 11.1 Å². The van der Waals surface area contributed by atoms with Crippen LogP contribution in [0.15, 0.2) is 47.3 Å². The van der Waals surface area contributed by atoms with E-state index in [0.29, 0.717) is 17.2 Å². The van der Waals surface area contributed by atoms with Crippen LogP contribution in [0.25, 0.3) is 11.1 Å². The van der Waals surface area contributed by atoms with E-state index < -0.39 is 0 Å². The first-order valence-electron chi connectivity index (χ1n) is 16.7. The third-order valence-electron chi connectivity index (χ3n) is 9.83. The van der Waals surface area contributed by atoms with Crippen LogP contribution in [0.1, 0.15) is 65.0 Å². The first kappa shape index (κ1) is 33.4. The number of pyridine rings is 1. The second-order valence-corrected chi connectivity index (χ2v) is 13.1. The molecule has 2 fully saturated rings. The predicted octanol–water partition coefficient (Wildman–Crippen LogP) is 4.48. The number of piperazine rings is 1. The topological polar surface area (TPSA) is 92.0 Å². The maximum Gasteiger partial charge on any atom is 0.253 e. The van der Waals surface area contributed by atoms with Gasteiger partial charge in [-0.3, -0.25) is 19.3 Å². The summed E-state index contributed by atoms with van der Waals surface area (Å²) in [4.78, 5) is 50.2. The van der Waals surface area contributed by atoms with Gasteiger partial charge in [0.05, 0.1) is 0 Å². The molecule has 5 rings (SSSR count). The number of amides is 2. The molecule has 0 atom stereocenters. The van der Waals surface area contributed by atoms with Crippen molar-refractivity contribution in [1.29, 1.82) is 0 Å². The van der Waals surface area contributed by atoms with E-state index in [1.165, 1.54) is 5.56 Å². The van der Waals surface area contributed by atoms with Crippen molar-refractivity contribution in [2.24, 2.45) is 0 Å². The molecule has 0 bridgehead atoms. The van der Waals surface area contributed by atoms with Gasteiger partial charge in [-0.05, 0) is 107 Å². The summed E-state index contributed by atoms with van der Waals surface area (Å²) in [6, 6.07) is 15.2. The lowest BCUT2D eigenvalue weighted by Crippen LogP contribution is -2.47. The van der Waals surface area contributed by atoms with Gasteiger partial charge in [0.2, 0.25) is 5.91 Å². The molecule has 3 heterocycles. The van der Waals surface area contributed by atoms with Crippen LogP contribution >= 0.6 is 0 Å². The molecule has 9 heteroatoms. The summed E-state index contributed by atoms with van der Waals surface area (Å²) in [5, 5.41) is 3.06. The van der Waals surface area contributed by atoms with Gasteiger partial charge in [0.1, 0.15) is 0 Å². The fraction of sp³-hybridized carbons (Fsp3) is 0.486. The number of carbonyl (C=O) groups is 2. The number of benzene rings is 2. The van der Waals surface area contributed by atoms with Crippen molar-refractivity contribution in [3.05, 3.63) is 86.3 Å². The number of hydrogen-bond acceptors (Lipinski definition) is 6. The van der Waals surface area contributed by atoms with Crippen LogP contribution < -0.4 is 15.8 Å². The summed E-state index contributed by atoms with van der Waals surface area (Å²) < 4.78 is 0. The molecule has 2 amide bonds. The fourth-order valence-corrected chi connectivity index (χ4v) is 6.98. The maximum atomic E-state index is 13.9. The molecular formula is C37H50N6O3. The number of aromatic nitrogens is 1. The molecular weight excluding hydrogens is 576 g/mol. The Bertz CT molecular complexity index is 1600. The van der Waals surface area contributed by atoms with Gasteiger partial charge in [0.25, 0.3) is 11.5 Å². The van der Waals surface area contributed by atoms with Crippen molar-refractivity contribution in [2.75, 3.05) is 57.8 Å². The highest BCUT2D eigenvalue weighted by molar-refractivity contribution is 5.99. The van der Waals surface area contributed by atoms with E-state index in [-0.39, 0.29) is 23.9 Å². The Hall–Kier alpha value is -3.95. The van der Waals surface area contributed by atoms with Crippen LogP contribution in [0.4, 0.5) is 5.69 Å². The third-order valence-corrected chi connectivity index (χ3v) is 9.83. The van der Waals surface area contributed by atoms with E-state index in [4.69, 9.17) is 0 Å². The largest absolute Gasteiger partial charge is 0.368 e. The Morgan fingerprint density at radius 1 is 0.935 bits per heavy atom. The monoisotopic (exact) mass is 626 g/mol. The molecule has 9 nitrogen and oxygen atoms in total. The number of nitrogens with one attached hydrogen (secondary N) is 2. The van der Waals surface area contributed by atoms with Crippen molar-refractivity contribution in [3.63, 3.8) is 0 Å². The lowest BCUT2D eigenvalue weighted by atomic mass is 9.94. The van der Waals surface area contributed by atoms with Gasteiger partial charge >= 0.3 is 0 Å². The first-order valence-corrected chi connectivity index (χ1v) is 16.7. The zero-order chi connectivity index (χ0) is 33.0. The summed E-state index contributed by atoms with van der Waals surface area (Å²) in [6.07, 6.45) is 2.17. The molecule has 0 unspecified atom stereocenters. The smallest absolute Gasteiger partial charge is 0.253 e. The summed E-state index contributed by atoms with van der Waals surface area (Å²) in [7, 11) is 2.18. The summed E-state index contributed by atoms with van der Waals surface area (Å²) in [6.45, 7) is 16.9. The second kappa shape index (κ2) is 14.6. The van der Waals surface area contributed by atoms with Crippen LogP contribution in [0.2, 0.25) is 0 Å². The van der Waals surface area contributed by atoms with Gasteiger partial charge in [-0.25, -0.2) is 0 Å². The molecule has 1 aromatic heterocycles. The Morgan fingerprint density at radius 2 is 1.61 bits per heavy atom. The van der Waals surface area contributed by atoms with Crippen molar-refractivity contribution < 1.29 is 9.59 Å². The van der Waals surface area contributed by atoms with Crippen LogP contribution in [0, 0.1) is 20.8 Å². The molecule has 3 aromatic rings. The predicted molar refractivity (Wildman–Crippen MR) is 185 cm³/mol. The molecule has 0 spiro atoms. The van der Waals surface area contributed by atoms with Crippen LogP contribution in [0.5, 0.6) is 0 Å². The lowest BCUT2D eigenvalue weighted by Gasteiger charge is -2.39. The number of H-pyrrole nitrogens is 1. The molecule has 0 aliphatic carbocycles. The molecule has 2 aliphatic rings. The molecule has 0 saturated carbocycles. The van der Waals surface area contributed by atoms with Crippen molar-refractivity contribution in [1.82, 2.24) is 25.0 Å². The quantitative estimate of drug-likeness (QED) is 0.364. The van der Waals surface area contributed by atoms with E-state index in [1.807, 2.05) is 37.8 Å². The molecule has 246 valence electrons. The van der Waals surface area contributed by atoms with Gasteiger partial charge < -0.3 is 25.0 Å². The molecule has 2 N–H and O–H groups in total. The Balaban J connectivity index is 1.43. The zero-order valence-electron chi connectivity index (χ0n) is 28.4. The number of likely N-dealkylation sites (tertiary alicyclic amines) is 1. The van der Waals surface area contributed by atoms with Gasteiger partial charge in [0, 0.05) is 81.3 Å². The number of hydrogen-bond donors (Lipinski definition) is 2. The second-order valence-electron chi connectivity index (χ2n) is 13.1. The minimum atomic E-state index is -0.180. The highest BCUT2D eigenvalue weighted by atomic mass is 16.2. The molecule has 2 saturated heterocycles. The van der Waals surface area contributed by atoms with Crippen LogP contribution in [-0.2, 0) is 17.9 Å². The SMILES string of the molecule is CCN(c1cc(-c2ccc(CN3CCN(C(C)=O)CC3)cc2)cc(C(=O)NCc2c(C)cc(C)[nH]c2=O)c1C)C1CCN(C)CC1. The number of rotatable bonds is 9. The standard InChI is InChI=1S/C37H50N6O3/c1-7-43(32-12-14-40(6)15-13-32)35-22-31(30-10-8-29(9-11-30)24-41-16-18-42(19-17-41)28(5)44)21-33(27(35)4)36(45)38-23-34-25(2)20-26(3)39-37(34)46/h8-11,20-22,32H,7,12-19,23-24H2,1-6H3,(H,38,45)(H,39,46). The van der Waals surface area contributed by atoms with Gasteiger partial charge in [0.15, 0.2) is 0 Å². The summed E-state index contributed by atoms with van der Waals surface area (Å²) >= 11 is 0. The van der Waals surface area contributed by atoms with Crippen molar-refractivity contribution >= 4 is 17.5 Å². The summed E-state index contributed by atoms with van der Waals surface area (Å²) in [5.41, 5.74) is 8.06. The molecule has 2 aliphatic heterocycles. The normalized spacial score (nSPS) is 16.4.